The standard InChI is InChI=1S/C17H15ClN2O2/c1-10-4-3-5-11(2)14(10)9-20-15-8-12(17(21)22)6-7-13(15)16(18)19-20/h3-8H,9H2,1-2H3,(H,21,22). The van der Waals surface area contributed by atoms with Gasteiger partial charge in [-0.1, -0.05) is 29.8 Å². The maximum atomic E-state index is 11.2. The van der Waals surface area contributed by atoms with Crippen molar-refractivity contribution in [3.05, 3.63) is 63.8 Å². The van der Waals surface area contributed by atoms with Crippen LogP contribution in [0, 0.1) is 13.8 Å². The molecule has 5 heteroatoms. The van der Waals surface area contributed by atoms with Crippen LogP contribution in [-0.4, -0.2) is 20.9 Å². The first-order valence-corrected chi connectivity index (χ1v) is 7.29. The first kappa shape index (κ1) is 14.6. The molecule has 1 N–H and O–H groups in total. The number of carboxylic acids is 1. The fourth-order valence-electron chi connectivity index (χ4n) is 2.64. The van der Waals surface area contributed by atoms with Crippen LogP contribution >= 0.6 is 11.6 Å². The highest BCUT2D eigenvalue weighted by atomic mass is 35.5. The summed E-state index contributed by atoms with van der Waals surface area (Å²) < 4.78 is 1.76. The lowest BCUT2D eigenvalue weighted by molar-refractivity contribution is 0.0697. The predicted octanol–water partition coefficient (Wildman–Crippen LogP) is 4.05. The molecule has 1 heterocycles. The summed E-state index contributed by atoms with van der Waals surface area (Å²) >= 11 is 6.18. The Bertz CT molecular complexity index is 863. The van der Waals surface area contributed by atoms with Crippen LogP contribution in [0.15, 0.2) is 36.4 Å². The minimum Gasteiger partial charge on any atom is -0.478 e. The maximum absolute atomic E-state index is 11.2. The quantitative estimate of drug-likeness (QED) is 0.793. The van der Waals surface area contributed by atoms with Gasteiger partial charge in [-0.25, -0.2) is 4.79 Å². The van der Waals surface area contributed by atoms with Crippen molar-refractivity contribution < 1.29 is 9.90 Å². The summed E-state index contributed by atoms with van der Waals surface area (Å²) in [5.74, 6) is -0.960. The van der Waals surface area contributed by atoms with Crippen LogP contribution in [0.3, 0.4) is 0 Å². The fraction of sp³-hybridized carbons (Fsp3) is 0.176. The highest BCUT2D eigenvalue weighted by molar-refractivity contribution is 6.34. The van der Waals surface area contributed by atoms with Crippen molar-refractivity contribution in [2.75, 3.05) is 0 Å². The summed E-state index contributed by atoms with van der Waals surface area (Å²) in [5.41, 5.74) is 4.48. The lowest BCUT2D eigenvalue weighted by atomic mass is 10.0. The number of benzene rings is 2. The van der Waals surface area contributed by atoms with Crippen molar-refractivity contribution in [3.63, 3.8) is 0 Å². The second kappa shape index (κ2) is 5.46. The number of nitrogens with zero attached hydrogens (tertiary/aromatic N) is 2. The summed E-state index contributed by atoms with van der Waals surface area (Å²) in [6.07, 6.45) is 0. The number of carboxylic acid groups (broad SMARTS) is 1. The van der Waals surface area contributed by atoms with Crippen LogP contribution in [0.4, 0.5) is 0 Å². The largest absolute Gasteiger partial charge is 0.478 e. The Balaban J connectivity index is 2.14. The Hall–Kier alpha value is -2.33. The Morgan fingerprint density at radius 3 is 2.55 bits per heavy atom. The smallest absolute Gasteiger partial charge is 0.335 e. The normalized spacial score (nSPS) is 11.0. The summed E-state index contributed by atoms with van der Waals surface area (Å²) in [4.78, 5) is 11.2. The van der Waals surface area contributed by atoms with E-state index in [4.69, 9.17) is 16.7 Å². The van der Waals surface area contributed by atoms with Gasteiger partial charge in [0, 0.05) is 5.39 Å². The van der Waals surface area contributed by atoms with Gasteiger partial charge in [0.2, 0.25) is 0 Å². The summed E-state index contributed by atoms with van der Waals surface area (Å²) in [6.45, 7) is 4.67. The van der Waals surface area contributed by atoms with Crippen molar-refractivity contribution in [3.8, 4) is 0 Å². The average Bonchev–Trinajstić information content (AvgIpc) is 2.79. The molecular weight excluding hydrogens is 300 g/mol. The Morgan fingerprint density at radius 2 is 1.91 bits per heavy atom. The van der Waals surface area contributed by atoms with Gasteiger partial charge in [0.15, 0.2) is 5.15 Å². The molecule has 3 aromatic rings. The van der Waals surface area contributed by atoms with Gasteiger partial charge in [0.25, 0.3) is 0 Å². The van der Waals surface area contributed by atoms with Gasteiger partial charge < -0.3 is 5.11 Å². The SMILES string of the molecule is Cc1cccc(C)c1Cn1nc(Cl)c2ccc(C(=O)O)cc21. The van der Waals surface area contributed by atoms with Gasteiger partial charge in [-0.2, -0.15) is 5.10 Å². The zero-order chi connectivity index (χ0) is 15.9. The van der Waals surface area contributed by atoms with Crippen molar-refractivity contribution in [1.82, 2.24) is 9.78 Å². The van der Waals surface area contributed by atoms with E-state index in [2.05, 4.69) is 31.1 Å². The average molecular weight is 315 g/mol. The topological polar surface area (TPSA) is 55.1 Å². The van der Waals surface area contributed by atoms with Crippen LogP contribution < -0.4 is 0 Å². The third kappa shape index (κ3) is 2.46. The number of hydrogen-bond acceptors (Lipinski definition) is 2. The number of fused-ring (bicyclic) bond motifs is 1. The highest BCUT2D eigenvalue weighted by Gasteiger charge is 2.13. The number of carbonyl (C=O) groups is 1. The molecule has 0 bridgehead atoms. The summed E-state index contributed by atoms with van der Waals surface area (Å²) in [7, 11) is 0. The van der Waals surface area contributed by atoms with E-state index >= 15 is 0 Å². The molecule has 2 aromatic carbocycles. The Kier molecular flexibility index (Phi) is 3.62. The van der Waals surface area contributed by atoms with Crippen molar-refractivity contribution in [2.24, 2.45) is 0 Å². The first-order chi connectivity index (χ1) is 10.5. The lowest BCUT2D eigenvalue weighted by Crippen LogP contribution is -2.05. The molecule has 22 heavy (non-hydrogen) atoms. The van der Waals surface area contributed by atoms with Gasteiger partial charge in [-0.05, 0) is 48.7 Å². The molecule has 0 saturated heterocycles. The van der Waals surface area contributed by atoms with Crippen LogP contribution in [0.1, 0.15) is 27.0 Å². The van der Waals surface area contributed by atoms with Crippen molar-refractivity contribution >= 4 is 28.5 Å². The molecule has 0 spiro atoms. The van der Waals surface area contributed by atoms with Crippen molar-refractivity contribution in [1.29, 1.82) is 0 Å². The van der Waals surface area contributed by atoms with E-state index < -0.39 is 5.97 Å². The first-order valence-electron chi connectivity index (χ1n) is 6.92. The van der Waals surface area contributed by atoms with Crippen LogP contribution in [0.5, 0.6) is 0 Å². The minimum absolute atomic E-state index is 0.229. The molecule has 0 saturated carbocycles. The number of aromatic carboxylic acids is 1. The highest BCUT2D eigenvalue weighted by Crippen LogP contribution is 2.26. The summed E-state index contributed by atoms with van der Waals surface area (Å²) in [5, 5.41) is 14.7. The molecular formula is C17H15ClN2O2. The zero-order valence-electron chi connectivity index (χ0n) is 12.3. The molecule has 0 aliphatic rings. The molecule has 0 aliphatic heterocycles. The second-order valence-electron chi connectivity index (χ2n) is 5.36. The van der Waals surface area contributed by atoms with E-state index in [0.717, 1.165) is 10.9 Å². The zero-order valence-corrected chi connectivity index (χ0v) is 13.1. The Morgan fingerprint density at radius 1 is 1.23 bits per heavy atom. The van der Waals surface area contributed by atoms with E-state index in [0.29, 0.717) is 11.7 Å². The van der Waals surface area contributed by atoms with Gasteiger partial charge in [-0.3, -0.25) is 4.68 Å². The monoisotopic (exact) mass is 314 g/mol. The summed E-state index contributed by atoms with van der Waals surface area (Å²) in [6, 6.07) is 11.0. The fourth-order valence-corrected chi connectivity index (χ4v) is 2.89. The molecule has 0 fully saturated rings. The molecule has 3 rings (SSSR count). The molecule has 112 valence electrons. The molecule has 0 radical (unpaired) electrons. The number of hydrogen-bond donors (Lipinski definition) is 1. The molecule has 0 atom stereocenters. The third-order valence-electron chi connectivity index (χ3n) is 3.91. The third-order valence-corrected chi connectivity index (χ3v) is 4.19. The van der Waals surface area contributed by atoms with Gasteiger partial charge in [0.1, 0.15) is 0 Å². The molecule has 0 aliphatic carbocycles. The van der Waals surface area contributed by atoms with Gasteiger partial charge in [-0.15, -0.1) is 0 Å². The van der Waals surface area contributed by atoms with Crippen LogP contribution in [0.2, 0.25) is 5.15 Å². The van der Waals surface area contributed by atoms with E-state index in [1.54, 1.807) is 22.9 Å². The minimum atomic E-state index is -0.960. The van der Waals surface area contributed by atoms with Gasteiger partial charge in [0.05, 0.1) is 17.6 Å². The van der Waals surface area contributed by atoms with E-state index in [-0.39, 0.29) is 5.56 Å². The van der Waals surface area contributed by atoms with E-state index in [1.807, 2.05) is 6.07 Å². The van der Waals surface area contributed by atoms with Gasteiger partial charge >= 0.3 is 5.97 Å². The van der Waals surface area contributed by atoms with Crippen molar-refractivity contribution in [2.45, 2.75) is 20.4 Å². The number of aromatic nitrogens is 2. The number of rotatable bonds is 3. The molecule has 0 unspecified atom stereocenters. The van der Waals surface area contributed by atoms with Crippen LogP contribution in [0.25, 0.3) is 10.9 Å². The lowest BCUT2D eigenvalue weighted by Gasteiger charge is -2.10. The molecule has 1 aromatic heterocycles. The van der Waals surface area contributed by atoms with E-state index in [1.165, 1.54) is 16.7 Å². The molecule has 4 nitrogen and oxygen atoms in total. The van der Waals surface area contributed by atoms with E-state index in [9.17, 15) is 4.79 Å². The number of aryl methyl sites for hydroxylation is 2. The second-order valence-corrected chi connectivity index (χ2v) is 5.71. The number of halogens is 1. The maximum Gasteiger partial charge on any atom is 0.335 e. The Labute approximate surface area is 132 Å². The molecule has 0 amide bonds. The van der Waals surface area contributed by atoms with Crippen LogP contribution in [-0.2, 0) is 6.54 Å². The predicted molar refractivity (Wildman–Crippen MR) is 86.7 cm³/mol.